The van der Waals surface area contributed by atoms with Crippen molar-refractivity contribution in [1.82, 2.24) is 14.8 Å². The highest BCUT2D eigenvalue weighted by molar-refractivity contribution is 6.04. The van der Waals surface area contributed by atoms with Gasteiger partial charge in [0.25, 0.3) is 5.91 Å². The molecule has 3 aromatic rings. The molecule has 3 rings (SSSR count). The standard InChI is InChI=1S/C18H19N5O/c1-13-15(11-21-23(13)2)10-19-17-9-8-16(12-20-17)22-18(24)14-6-4-3-5-7-14/h3-9,11-12H,10H2,1-2H3,(H,19,20)(H,22,24). The van der Waals surface area contributed by atoms with Crippen LogP contribution in [-0.2, 0) is 13.6 Å². The quantitative estimate of drug-likeness (QED) is 0.758. The van der Waals surface area contributed by atoms with Crippen LogP contribution < -0.4 is 10.6 Å². The lowest BCUT2D eigenvalue weighted by Crippen LogP contribution is -2.12. The van der Waals surface area contributed by atoms with Crippen LogP contribution in [-0.4, -0.2) is 20.7 Å². The van der Waals surface area contributed by atoms with Crippen molar-refractivity contribution in [2.24, 2.45) is 7.05 Å². The molecule has 0 aliphatic carbocycles. The first kappa shape index (κ1) is 15.7. The number of benzene rings is 1. The van der Waals surface area contributed by atoms with Gasteiger partial charge in [-0.25, -0.2) is 4.98 Å². The average molecular weight is 321 g/mol. The number of aryl methyl sites for hydroxylation is 1. The van der Waals surface area contributed by atoms with Crippen molar-refractivity contribution in [3.8, 4) is 0 Å². The van der Waals surface area contributed by atoms with Gasteiger partial charge in [-0.05, 0) is 31.2 Å². The third kappa shape index (κ3) is 3.60. The molecule has 24 heavy (non-hydrogen) atoms. The van der Waals surface area contributed by atoms with Crippen molar-refractivity contribution in [2.75, 3.05) is 10.6 Å². The predicted octanol–water partition coefficient (Wildman–Crippen LogP) is 2.99. The highest BCUT2D eigenvalue weighted by Crippen LogP contribution is 2.13. The zero-order valence-electron chi connectivity index (χ0n) is 13.7. The lowest BCUT2D eigenvalue weighted by molar-refractivity contribution is 0.102. The van der Waals surface area contributed by atoms with E-state index in [0.29, 0.717) is 17.8 Å². The second-order valence-corrected chi connectivity index (χ2v) is 5.48. The molecular weight excluding hydrogens is 302 g/mol. The van der Waals surface area contributed by atoms with Gasteiger partial charge in [0.1, 0.15) is 5.82 Å². The summed E-state index contributed by atoms with van der Waals surface area (Å²) in [7, 11) is 1.92. The number of aromatic nitrogens is 3. The number of nitrogens with zero attached hydrogens (tertiary/aromatic N) is 3. The van der Waals surface area contributed by atoms with Gasteiger partial charge < -0.3 is 10.6 Å². The number of carbonyl (C=O) groups is 1. The number of carbonyl (C=O) groups excluding carboxylic acids is 1. The van der Waals surface area contributed by atoms with Crippen LogP contribution in [0.3, 0.4) is 0 Å². The Balaban J connectivity index is 1.59. The third-order valence-corrected chi connectivity index (χ3v) is 3.85. The molecule has 0 saturated heterocycles. The van der Waals surface area contributed by atoms with E-state index in [1.807, 2.05) is 55.2 Å². The Hall–Kier alpha value is -3.15. The van der Waals surface area contributed by atoms with Gasteiger partial charge in [0.05, 0.1) is 18.1 Å². The minimum Gasteiger partial charge on any atom is -0.366 e. The monoisotopic (exact) mass is 321 g/mol. The van der Waals surface area contributed by atoms with Gasteiger partial charge >= 0.3 is 0 Å². The van der Waals surface area contributed by atoms with Gasteiger partial charge in [-0.1, -0.05) is 18.2 Å². The Labute approximate surface area is 140 Å². The first-order chi connectivity index (χ1) is 11.6. The van der Waals surface area contributed by atoms with E-state index in [4.69, 9.17) is 0 Å². The number of hydrogen-bond donors (Lipinski definition) is 2. The maximum atomic E-state index is 12.1. The number of rotatable bonds is 5. The smallest absolute Gasteiger partial charge is 0.255 e. The maximum absolute atomic E-state index is 12.1. The molecule has 0 aliphatic heterocycles. The molecule has 6 nitrogen and oxygen atoms in total. The summed E-state index contributed by atoms with van der Waals surface area (Å²) in [4.78, 5) is 16.4. The summed E-state index contributed by atoms with van der Waals surface area (Å²) in [5.41, 5.74) is 3.52. The summed E-state index contributed by atoms with van der Waals surface area (Å²) >= 11 is 0. The minimum atomic E-state index is -0.149. The van der Waals surface area contributed by atoms with Gasteiger partial charge in [0.2, 0.25) is 0 Å². The van der Waals surface area contributed by atoms with Crippen molar-refractivity contribution in [3.63, 3.8) is 0 Å². The van der Waals surface area contributed by atoms with E-state index in [2.05, 4.69) is 20.7 Å². The molecule has 0 aliphatic rings. The summed E-state index contributed by atoms with van der Waals surface area (Å²) in [5.74, 6) is 0.597. The van der Waals surface area contributed by atoms with Gasteiger partial charge in [0, 0.05) is 30.4 Å². The van der Waals surface area contributed by atoms with Crippen molar-refractivity contribution in [1.29, 1.82) is 0 Å². The lowest BCUT2D eigenvalue weighted by atomic mass is 10.2. The molecule has 0 saturated carbocycles. The van der Waals surface area contributed by atoms with E-state index in [1.165, 1.54) is 0 Å². The van der Waals surface area contributed by atoms with E-state index in [0.717, 1.165) is 17.1 Å². The molecule has 0 fully saturated rings. The molecular formula is C18H19N5O. The first-order valence-corrected chi connectivity index (χ1v) is 7.67. The van der Waals surface area contributed by atoms with Crippen molar-refractivity contribution in [3.05, 3.63) is 71.7 Å². The molecule has 0 atom stereocenters. The molecule has 2 heterocycles. The largest absolute Gasteiger partial charge is 0.366 e. The van der Waals surface area contributed by atoms with E-state index in [-0.39, 0.29) is 5.91 Å². The fourth-order valence-electron chi connectivity index (χ4n) is 2.27. The maximum Gasteiger partial charge on any atom is 0.255 e. The minimum absolute atomic E-state index is 0.149. The molecule has 0 spiro atoms. The SMILES string of the molecule is Cc1c(CNc2ccc(NC(=O)c3ccccc3)cn2)cnn1C. The molecule has 0 bridgehead atoms. The molecule has 0 unspecified atom stereocenters. The number of anilines is 2. The summed E-state index contributed by atoms with van der Waals surface area (Å²) in [5, 5.41) is 10.3. The zero-order chi connectivity index (χ0) is 16.9. The second-order valence-electron chi connectivity index (χ2n) is 5.48. The van der Waals surface area contributed by atoms with Crippen LogP contribution in [0.4, 0.5) is 11.5 Å². The van der Waals surface area contributed by atoms with Crippen molar-refractivity contribution in [2.45, 2.75) is 13.5 Å². The fourth-order valence-corrected chi connectivity index (χ4v) is 2.27. The topological polar surface area (TPSA) is 71.8 Å². The molecule has 2 aromatic heterocycles. The highest BCUT2D eigenvalue weighted by atomic mass is 16.1. The molecule has 122 valence electrons. The molecule has 1 amide bonds. The van der Waals surface area contributed by atoms with Crippen LogP contribution in [0.15, 0.2) is 54.9 Å². The Kier molecular flexibility index (Phi) is 4.56. The number of nitrogens with one attached hydrogen (secondary N) is 2. The summed E-state index contributed by atoms with van der Waals surface area (Å²) in [6.07, 6.45) is 3.48. The molecule has 0 radical (unpaired) electrons. The van der Waals surface area contributed by atoms with Crippen LogP contribution in [0.25, 0.3) is 0 Å². The van der Waals surface area contributed by atoms with E-state index in [1.54, 1.807) is 18.3 Å². The number of hydrogen-bond acceptors (Lipinski definition) is 4. The third-order valence-electron chi connectivity index (χ3n) is 3.85. The van der Waals surface area contributed by atoms with Crippen LogP contribution in [0.2, 0.25) is 0 Å². The summed E-state index contributed by atoms with van der Waals surface area (Å²) < 4.78 is 1.84. The molecule has 6 heteroatoms. The van der Waals surface area contributed by atoms with Gasteiger partial charge in [0.15, 0.2) is 0 Å². The van der Waals surface area contributed by atoms with Crippen molar-refractivity contribution < 1.29 is 4.79 Å². The summed E-state index contributed by atoms with van der Waals surface area (Å²) in [6.45, 7) is 2.68. The molecule has 2 N–H and O–H groups in total. The predicted molar refractivity (Wildman–Crippen MR) is 93.9 cm³/mol. The Morgan fingerprint density at radius 1 is 1.12 bits per heavy atom. The van der Waals surface area contributed by atoms with Gasteiger partial charge in [-0.3, -0.25) is 9.48 Å². The van der Waals surface area contributed by atoms with Gasteiger partial charge in [-0.15, -0.1) is 0 Å². The summed E-state index contributed by atoms with van der Waals surface area (Å²) in [6, 6.07) is 12.8. The van der Waals surface area contributed by atoms with Crippen LogP contribution >= 0.6 is 0 Å². The first-order valence-electron chi connectivity index (χ1n) is 7.67. The van der Waals surface area contributed by atoms with Crippen molar-refractivity contribution >= 4 is 17.4 Å². The highest BCUT2D eigenvalue weighted by Gasteiger charge is 2.06. The Bertz CT molecular complexity index is 824. The second kappa shape index (κ2) is 6.95. The van der Waals surface area contributed by atoms with Crippen LogP contribution in [0.1, 0.15) is 21.6 Å². The average Bonchev–Trinajstić information content (AvgIpc) is 2.94. The van der Waals surface area contributed by atoms with E-state index < -0.39 is 0 Å². The Morgan fingerprint density at radius 3 is 2.54 bits per heavy atom. The van der Waals surface area contributed by atoms with E-state index >= 15 is 0 Å². The normalized spacial score (nSPS) is 10.4. The van der Waals surface area contributed by atoms with Gasteiger partial charge in [-0.2, -0.15) is 5.10 Å². The fraction of sp³-hybridized carbons (Fsp3) is 0.167. The lowest BCUT2D eigenvalue weighted by Gasteiger charge is -2.08. The van der Waals surface area contributed by atoms with Crippen LogP contribution in [0.5, 0.6) is 0 Å². The number of pyridine rings is 1. The van der Waals surface area contributed by atoms with E-state index in [9.17, 15) is 4.79 Å². The zero-order valence-corrected chi connectivity index (χ0v) is 13.7. The number of amides is 1. The van der Waals surface area contributed by atoms with Crippen LogP contribution in [0, 0.1) is 6.92 Å². The molecule has 1 aromatic carbocycles. The Morgan fingerprint density at radius 2 is 1.92 bits per heavy atom.